The number of aliphatic carboxylic acids is 1. The van der Waals surface area contributed by atoms with Crippen LogP contribution in [0.3, 0.4) is 0 Å². The fourth-order valence-electron chi connectivity index (χ4n) is 4.57. The topological polar surface area (TPSA) is 107 Å². The van der Waals surface area contributed by atoms with Gasteiger partial charge in [0, 0.05) is 41.5 Å². The van der Waals surface area contributed by atoms with E-state index in [1.807, 2.05) is 32.0 Å². The summed E-state index contributed by atoms with van der Waals surface area (Å²) in [5, 5.41) is 22.8. The second-order valence-electron chi connectivity index (χ2n) is 11.1. The lowest BCUT2D eigenvalue weighted by atomic mass is 9.95. The fourth-order valence-corrected chi connectivity index (χ4v) is 6.92. The van der Waals surface area contributed by atoms with Gasteiger partial charge in [-0.05, 0) is 87.1 Å². The highest BCUT2D eigenvalue weighted by Gasteiger charge is 2.34. The van der Waals surface area contributed by atoms with Crippen LogP contribution in [0.2, 0.25) is 0 Å². The molecule has 0 radical (unpaired) electrons. The predicted octanol–water partition coefficient (Wildman–Crippen LogP) is 6.21. The molecule has 0 aliphatic carbocycles. The number of rotatable bonds is 14. The van der Waals surface area contributed by atoms with Gasteiger partial charge in [0.2, 0.25) is 10.0 Å². The van der Waals surface area contributed by atoms with E-state index in [1.54, 1.807) is 13.0 Å². The molecule has 12 heteroatoms. The van der Waals surface area contributed by atoms with E-state index in [0.717, 1.165) is 47.0 Å². The van der Waals surface area contributed by atoms with Gasteiger partial charge in [0.25, 0.3) is 0 Å². The molecule has 0 unspecified atom stereocenters. The van der Waals surface area contributed by atoms with E-state index >= 15 is 0 Å². The van der Waals surface area contributed by atoms with Crippen molar-refractivity contribution >= 4 is 33.4 Å². The summed E-state index contributed by atoms with van der Waals surface area (Å²) in [5.41, 5.74) is 0.373. The third-order valence-corrected chi connectivity index (χ3v) is 9.98. The highest BCUT2D eigenvalue weighted by Crippen LogP contribution is 2.39. The molecule has 0 spiro atoms. The number of aliphatic hydroxyl groups excluding tert-OH is 1. The maximum atomic E-state index is 13.8. The number of sulfonamides is 1. The van der Waals surface area contributed by atoms with Crippen molar-refractivity contribution in [2.45, 2.75) is 62.7 Å². The molecular weight excluding hydrogens is 601 g/mol. The number of aliphatic hydroxyl groups is 1. The molecule has 234 valence electrons. The predicted molar refractivity (Wildman–Crippen MR) is 163 cm³/mol. The molecule has 1 aromatic heterocycles. The van der Waals surface area contributed by atoms with E-state index in [-0.39, 0.29) is 24.2 Å². The highest BCUT2D eigenvalue weighted by atomic mass is 32.2. The van der Waals surface area contributed by atoms with Gasteiger partial charge in [0.15, 0.2) is 0 Å². The smallest absolute Gasteiger partial charge is 0.416 e. The Bertz CT molecular complexity index is 1530. The lowest BCUT2D eigenvalue weighted by Gasteiger charge is -2.29. The maximum absolute atomic E-state index is 13.8. The largest absolute Gasteiger partial charge is 0.478 e. The summed E-state index contributed by atoms with van der Waals surface area (Å²) in [6.45, 7) is 5.39. The van der Waals surface area contributed by atoms with Crippen LogP contribution in [0.15, 0.2) is 65.6 Å². The summed E-state index contributed by atoms with van der Waals surface area (Å²) >= 11 is 1.05. The summed E-state index contributed by atoms with van der Waals surface area (Å²) in [5.74, 6) is -1.17. The van der Waals surface area contributed by atoms with E-state index in [9.17, 15) is 31.5 Å². The van der Waals surface area contributed by atoms with Gasteiger partial charge in [-0.25, -0.2) is 13.2 Å². The Morgan fingerprint density at radius 1 is 1.12 bits per heavy atom. The van der Waals surface area contributed by atoms with Crippen molar-refractivity contribution in [2.75, 3.05) is 20.1 Å². The van der Waals surface area contributed by atoms with Crippen LogP contribution in [-0.2, 0) is 27.4 Å². The molecule has 0 aliphatic rings. The SMILES string of the molecule is Cc1cc(/C=C/C(=O)O)sc1-c1cc(C(F)(F)F)cc(S(=O)(=O)N(C)C[C@H](O)CNC(C)(C)CCCc2ccccc2)c1. The first-order valence-electron chi connectivity index (χ1n) is 13.7. The molecule has 43 heavy (non-hydrogen) atoms. The van der Waals surface area contributed by atoms with Crippen molar-refractivity contribution in [3.63, 3.8) is 0 Å². The van der Waals surface area contributed by atoms with E-state index in [1.165, 1.54) is 24.8 Å². The number of hydrogen-bond donors (Lipinski definition) is 3. The van der Waals surface area contributed by atoms with Crippen molar-refractivity contribution in [2.24, 2.45) is 0 Å². The first kappa shape index (κ1) is 34.5. The van der Waals surface area contributed by atoms with Gasteiger partial charge in [0.1, 0.15) is 0 Å². The van der Waals surface area contributed by atoms with E-state index in [0.29, 0.717) is 21.4 Å². The van der Waals surface area contributed by atoms with E-state index < -0.39 is 38.7 Å². The van der Waals surface area contributed by atoms with Crippen molar-refractivity contribution in [3.8, 4) is 10.4 Å². The van der Waals surface area contributed by atoms with Crippen molar-refractivity contribution in [3.05, 3.63) is 82.2 Å². The summed E-state index contributed by atoms with van der Waals surface area (Å²) in [6.07, 6.45) is -1.06. The standard InChI is InChI=1S/C31H37F3N2O5S2/c1-21-15-26(12-13-28(38)39)42-29(21)23-16-24(31(32,33)34)18-27(17-23)43(40,41)36(4)20-25(37)19-35-30(2,3)14-8-11-22-9-6-5-7-10-22/h5-7,9-10,12-13,15-18,25,35,37H,8,11,14,19-20H2,1-4H3,(H,38,39)/b13-12+/t25-/m1/s1. The molecule has 7 nitrogen and oxygen atoms in total. The molecule has 1 atom stereocenters. The molecule has 0 amide bonds. The Morgan fingerprint density at radius 2 is 1.79 bits per heavy atom. The maximum Gasteiger partial charge on any atom is 0.416 e. The molecule has 3 rings (SSSR count). The van der Waals surface area contributed by atoms with Crippen molar-refractivity contribution in [1.29, 1.82) is 0 Å². The number of thiophene rings is 1. The summed E-state index contributed by atoms with van der Waals surface area (Å²) in [7, 11) is -3.20. The summed E-state index contributed by atoms with van der Waals surface area (Å²) in [4.78, 5) is 11.2. The number of nitrogens with one attached hydrogen (secondary N) is 1. The Balaban J connectivity index is 1.74. The molecule has 0 fully saturated rings. The van der Waals surface area contributed by atoms with E-state index in [4.69, 9.17) is 5.11 Å². The number of carbonyl (C=O) groups is 1. The van der Waals surface area contributed by atoms with Gasteiger partial charge in [-0.1, -0.05) is 30.3 Å². The highest BCUT2D eigenvalue weighted by molar-refractivity contribution is 7.89. The van der Waals surface area contributed by atoms with Crippen LogP contribution in [-0.4, -0.2) is 60.7 Å². The van der Waals surface area contributed by atoms with Crippen molar-refractivity contribution in [1.82, 2.24) is 9.62 Å². The normalized spacial score (nSPS) is 13.6. The Hall–Kier alpha value is -3.03. The minimum atomic E-state index is -4.81. The lowest BCUT2D eigenvalue weighted by molar-refractivity contribution is -0.137. The van der Waals surface area contributed by atoms with Crippen LogP contribution in [0.5, 0.6) is 0 Å². The lowest BCUT2D eigenvalue weighted by Crippen LogP contribution is -2.46. The van der Waals surface area contributed by atoms with Crippen LogP contribution in [0.4, 0.5) is 13.2 Å². The molecule has 0 aliphatic heterocycles. The number of carboxylic acid groups (broad SMARTS) is 1. The zero-order valence-electron chi connectivity index (χ0n) is 24.5. The number of likely N-dealkylation sites (N-methyl/N-ethyl adjacent to an activating group) is 1. The van der Waals surface area contributed by atoms with Crippen LogP contribution in [0.1, 0.15) is 48.3 Å². The second kappa shape index (κ2) is 14.2. The Morgan fingerprint density at radius 3 is 2.42 bits per heavy atom. The molecule has 1 heterocycles. The molecule has 0 saturated carbocycles. The molecule has 2 aromatic carbocycles. The number of β-amino-alcohol motifs (C(OH)–C–C–N with tert-alkyl or cyclic N) is 1. The number of nitrogens with zero attached hydrogens (tertiary/aromatic N) is 1. The molecule has 3 aromatic rings. The number of aryl methyl sites for hydroxylation is 2. The van der Waals surface area contributed by atoms with Gasteiger partial charge in [-0.15, -0.1) is 11.3 Å². The van der Waals surface area contributed by atoms with Gasteiger partial charge in [0.05, 0.1) is 16.6 Å². The van der Waals surface area contributed by atoms with Gasteiger partial charge >= 0.3 is 12.1 Å². The second-order valence-corrected chi connectivity index (χ2v) is 14.2. The first-order valence-corrected chi connectivity index (χ1v) is 15.9. The Labute approximate surface area is 254 Å². The minimum Gasteiger partial charge on any atom is -0.478 e. The average molecular weight is 639 g/mol. The average Bonchev–Trinajstić information content (AvgIpc) is 3.31. The number of halogens is 3. The van der Waals surface area contributed by atoms with Crippen LogP contribution >= 0.6 is 11.3 Å². The molecule has 3 N–H and O–H groups in total. The number of alkyl halides is 3. The summed E-state index contributed by atoms with van der Waals surface area (Å²) < 4.78 is 69.2. The van der Waals surface area contributed by atoms with Gasteiger partial charge in [-0.2, -0.15) is 17.5 Å². The van der Waals surface area contributed by atoms with E-state index in [2.05, 4.69) is 17.4 Å². The molecule has 0 saturated heterocycles. The van der Waals surface area contributed by atoms with Crippen LogP contribution in [0, 0.1) is 6.92 Å². The van der Waals surface area contributed by atoms with Crippen LogP contribution in [0.25, 0.3) is 16.5 Å². The zero-order valence-corrected chi connectivity index (χ0v) is 26.1. The summed E-state index contributed by atoms with van der Waals surface area (Å²) in [6, 6.07) is 14.3. The van der Waals surface area contributed by atoms with Crippen LogP contribution < -0.4 is 5.32 Å². The number of benzene rings is 2. The monoisotopic (exact) mass is 638 g/mol. The minimum absolute atomic E-state index is 0.0405. The first-order chi connectivity index (χ1) is 20.0. The number of hydrogen-bond acceptors (Lipinski definition) is 6. The zero-order chi connectivity index (χ0) is 32.0. The van der Waals surface area contributed by atoms with Gasteiger partial charge in [-0.3, -0.25) is 0 Å². The fraction of sp³-hybridized carbons (Fsp3) is 0.387. The molecule has 0 bridgehead atoms. The Kier molecular flexibility index (Phi) is 11.4. The third kappa shape index (κ3) is 10.0. The quantitative estimate of drug-likeness (QED) is 0.181. The van der Waals surface area contributed by atoms with Crippen molar-refractivity contribution < 1.29 is 36.6 Å². The molecular formula is C31H37F3N2O5S2. The third-order valence-electron chi connectivity index (χ3n) is 6.93. The van der Waals surface area contributed by atoms with Gasteiger partial charge < -0.3 is 15.5 Å². The number of carboxylic acids is 1.